The Morgan fingerprint density at radius 2 is 1.74 bits per heavy atom. The molecule has 1 heterocycles. The van der Waals surface area contributed by atoms with Gasteiger partial charge in [0.1, 0.15) is 0 Å². The van der Waals surface area contributed by atoms with Crippen LogP contribution in [0.15, 0.2) is 54.5 Å². The molecule has 3 rings (SSSR count). The molecule has 0 bridgehead atoms. The SMILES string of the molecule is C.C.C#Cc1ccc(/C(=C/C)NC(C)[C@@H]2CCCN2C(=O)CNC(OC)=C2CC2)cc1.C=CC.CC.CCC. The average molecular weight is 542 g/mol. The van der Waals surface area contributed by atoms with Crippen LogP contribution in [0, 0.1) is 12.3 Å². The van der Waals surface area contributed by atoms with E-state index in [-0.39, 0.29) is 39.4 Å². The van der Waals surface area contributed by atoms with Crippen LogP contribution < -0.4 is 10.6 Å². The zero-order valence-electron chi connectivity index (χ0n) is 24.6. The Morgan fingerprint density at radius 1 is 1.21 bits per heavy atom. The first kappa shape index (κ1) is 40.4. The van der Waals surface area contributed by atoms with E-state index in [4.69, 9.17) is 11.2 Å². The largest absolute Gasteiger partial charge is 0.483 e. The minimum absolute atomic E-state index is 0. The summed E-state index contributed by atoms with van der Waals surface area (Å²) in [5, 5.41) is 6.79. The number of rotatable bonds is 8. The zero-order chi connectivity index (χ0) is 28.2. The summed E-state index contributed by atoms with van der Waals surface area (Å²) in [4.78, 5) is 14.8. The van der Waals surface area contributed by atoms with E-state index in [9.17, 15) is 4.79 Å². The van der Waals surface area contributed by atoms with E-state index >= 15 is 0 Å². The number of hydrogen-bond acceptors (Lipinski definition) is 4. The van der Waals surface area contributed by atoms with Gasteiger partial charge < -0.3 is 20.3 Å². The number of methoxy groups -OCH3 is 1. The maximum atomic E-state index is 12.8. The second kappa shape index (κ2) is 23.9. The van der Waals surface area contributed by atoms with Crippen LogP contribution in [-0.2, 0) is 9.53 Å². The number of carbonyl (C=O) groups excluding carboxylic acids is 1. The monoisotopic (exact) mass is 541 g/mol. The lowest BCUT2D eigenvalue weighted by molar-refractivity contribution is -0.131. The van der Waals surface area contributed by atoms with Gasteiger partial charge in [0.25, 0.3) is 0 Å². The van der Waals surface area contributed by atoms with Crippen molar-refractivity contribution in [2.75, 3.05) is 20.2 Å². The summed E-state index contributed by atoms with van der Waals surface area (Å²) in [5.41, 5.74) is 4.28. The predicted octanol–water partition coefficient (Wildman–Crippen LogP) is 8.15. The highest BCUT2D eigenvalue weighted by Gasteiger charge is 2.33. The van der Waals surface area contributed by atoms with Gasteiger partial charge >= 0.3 is 0 Å². The van der Waals surface area contributed by atoms with Crippen molar-refractivity contribution in [1.82, 2.24) is 15.5 Å². The first-order valence-electron chi connectivity index (χ1n) is 13.8. The molecule has 0 radical (unpaired) electrons. The molecule has 39 heavy (non-hydrogen) atoms. The topological polar surface area (TPSA) is 53.6 Å². The maximum absolute atomic E-state index is 12.8. The third kappa shape index (κ3) is 14.6. The number of nitrogens with one attached hydrogen (secondary N) is 2. The average Bonchev–Trinajstić information content (AvgIpc) is 3.64. The van der Waals surface area contributed by atoms with Gasteiger partial charge in [0, 0.05) is 23.8 Å². The number of terminal acetylenes is 1. The summed E-state index contributed by atoms with van der Waals surface area (Å²) < 4.78 is 5.36. The fourth-order valence-corrected chi connectivity index (χ4v) is 3.93. The molecule has 1 unspecified atom stereocenters. The number of hydrogen-bond donors (Lipinski definition) is 2. The minimum Gasteiger partial charge on any atom is -0.483 e. The highest BCUT2D eigenvalue weighted by molar-refractivity contribution is 5.79. The number of allylic oxidation sites excluding steroid dienone is 3. The van der Waals surface area contributed by atoms with Crippen LogP contribution >= 0.6 is 0 Å². The summed E-state index contributed by atoms with van der Waals surface area (Å²) in [7, 11) is 1.65. The van der Waals surface area contributed by atoms with E-state index in [1.165, 1.54) is 12.0 Å². The summed E-state index contributed by atoms with van der Waals surface area (Å²) in [6, 6.07) is 8.27. The predicted molar refractivity (Wildman–Crippen MR) is 173 cm³/mol. The molecule has 0 spiro atoms. The molecular weight excluding hydrogens is 482 g/mol. The first-order chi connectivity index (χ1) is 17.9. The zero-order valence-corrected chi connectivity index (χ0v) is 24.6. The molecule has 1 aromatic carbocycles. The number of ether oxygens (including phenoxy) is 1. The lowest BCUT2D eigenvalue weighted by atomic mass is 10.0. The van der Waals surface area contributed by atoms with Gasteiger partial charge in [-0.3, -0.25) is 4.79 Å². The molecule has 2 atom stereocenters. The lowest BCUT2D eigenvalue weighted by Gasteiger charge is -2.31. The quantitative estimate of drug-likeness (QED) is 0.198. The van der Waals surface area contributed by atoms with Crippen LogP contribution in [0.3, 0.4) is 0 Å². The molecule has 222 valence electrons. The second-order valence-electron chi connectivity index (χ2n) is 8.76. The first-order valence-corrected chi connectivity index (χ1v) is 13.8. The second-order valence-corrected chi connectivity index (χ2v) is 8.76. The van der Waals surface area contributed by atoms with E-state index < -0.39 is 0 Å². The molecule has 0 aromatic heterocycles. The Kier molecular flexibility index (Phi) is 24.8. The minimum atomic E-state index is 0. The number of nitrogens with zero attached hydrogens (tertiary/aromatic N) is 1. The van der Waals surface area contributed by atoms with Gasteiger partial charge in [-0.1, -0.05) is 79.2 Å². The van der Waals surface area contributed by atoms with Crippen LogP contribution in [0.1, 0.15) is 107 Å². The van der Waals surface area contributed by atoms with Crippen molar-refractivity contribution in [3.05, 3.63) is 65.6 Å². The Bertz CT molecular complexity index is 888. The van der Waals surface area contributed by atoms with Crippen LogP contribution in [0.5, 0.6) is 0 Å². The van der Waals surface area contributed by atoms with Crippen LogP contribution in [0.4, 0.5) is 0 Å². The molecule has 2 aliphatic rings. The summed E-state index contributed by atoms with van der Waals surface area (Å²) >= 11 is 0. The van der Waals surface area contributed by atoms with Gasteiger partial charge in [0.05, 0.1) is 19.7 Å². The van der Waals surface area contributed by atoms with Gasteiger partial charge in [0.15, 0.2) is 5.88 Å². The van der Waals surface area contributed by atoms with Gasteiger partial charge in [0.2, 0.25) is 5.91 Å². The van der Waals surface area contributed by atoms with E-state index in [1.54, 1.807) is 13.2 Å². The fourth-order valence-electron chi connectivity index (χ4n) is 3.93. The molecule has 1 amide bonds. The normalized spacial score (nSPS) is 15.4. The number of benzene rings is 1. The summed E-state index contributed by atoms with van der Waals surface area (Å²) in [6.07, 6.45) is 14.7. The van der Waals surface area contributed by atoms with E-state index in [1.807, 2.05) is 56.9 Å². The van der Waals surface area contributed by atoms with Gasteiger partial charge in [-0.15, -0.1) is 13.0 Å². The van der Waals surface area contributed by atoms with Gasteiger partial charge in [-0.05, 0) is 69.7 Å². The van der Waals surface area contributed by atoms with Crippen molar-refractivity contribution < 1.29 is 9.53 Å². The molecule has 2 fully saturated rings. The maximum Gasteiger partial charge on any atom is 0.242 e. The van der Waals surface area contributed by atoms with Gasteiger partial charge in [-0.2, -0.15) is 0 Å². The molecule has 1 aliphatic carbocycles. The fraction of sp³-hybridized carbons (Fsp3) is 0.559. The Hall–Kier alpha value is -3.13. The van der Waals surface area contributed by atoms with Crippen molar-refractivity contribution in [3.63, 3.8) is 0 Å². The Morgan fingerprint density at radius 3 is 2.18 bits per heavy atom. The van der Waals surface area contributed by atoms with E-state index in [2.05, 4.69) is 50.0 Å². The molecule has 1 saturated carbocycles. The Labute approximate surface area is 242 Å². The molecule has 1 saturated heterocycles. The van der Waals surface area contributed by atoms with Crippen molar-refractivity contribution in [2.45, 2.75) is 108 Å². The number of likely N-dealkylation sites (tertiary alicyclic amines) is 1. The Balaban J connectivity index is -0.00000117. The number of amides is 1. The standard InChI is InChI=1S/C24H31N3O2.C3H8.C3H6.C2H6.2CH4/c1-5-18-9-11-19(12-10-18)21(6-2)26-17(3)22-8-7-15-27(22)23(28)16-25-24(29-4)20-13-14-20;2*1-3-2;1-2;;/h1,6,9-12,17,22,25-26H,7-8,13-16H2,2-4H3;3H2,1-2H3;3H,1H2,2H3;1-2H3;2*1H4/b21-6-;;;;;/t17?,22-;;;;;/m0...../s1. The highest BCUT2D eigenvalue weighted by Crippen LogP contribution is 2.30. The highest BCUT2D eigenvalue weighted by atomic mass is 16.5. The van der Waals surface area contributed by atoms with Crippen molar-refractivity contribution in [2.24, 2.45) is 0 Å². The third-order valence-electron chi connectivity index (χ3n) is 5.66. The molecule has 1 aliphatic heterocycles. The molecule has 2 N–H and O–H groups in total. The van der Waals surface area contributed by atoms with Crippen LogP contribution in [0.25, 0.3) is 5.70 Å². The lowest BCUT2D eigenvalue weighted by Crippen LogP contribution is -2.49. The van der Waals surface area contributed by atoms with Crippen molar-refractivity contribution >= 4 is 11.6 Å². The summed E-state index contributed by atoms with van der Waals surface area (Å²) in [6.45, 7) is 18.7. The van der Waals surface area contributed by atoms with Crippen LogP contribution in [0.2, 0.25) is 0 Å². The number of carbonyl (C=O) groups is 1. The molecule has 5 nitrogen and oxygen atoms in total. The third-order valence-corrected chi connectivity index (χ3v) is 5.66. The summed E-state index contributed by atoms with van der Waals surface area (Å²) in [5.74, 6) is 3.54. The van der Waals surface area contributed by atoms with E-state index in [0.717, 1.165) is 54.9 Å². The molecular formula is C34H59N3O2. The molecule has 1 aromatic rings. The van der Waals surface area contributed by atoms with Crippen LogP contribution in [-0.4, -0.2) is 43.1 Å². The van der Waals surface area contributed by atoms with Crippen molar-refractivity contribution in [1.29, 1.82) is 0 Å². The smallest absolute Gasteiger partial charge is 0.242 e. The van der Waals surface area contributed by atoms with Gasteiger partial charge in [-0.25, -0.2) is 0 Å². The van der Waals surface area contributed by atoms with E-state index in [0.29, 0.717) is 0 Å². The van der Waals surface area contributed by atoms with Crippen molar-refractivity contribution in [3.8, 4) is 12.3 Å². The molecule has 5 heteroatoms.